The highest BCUT2D eigenvalue weighted by atomic mass is 32.2. The third-order valence-electron chi connectivity index (χ3n) is 4.81. The zero-order valence-electron chi connectivity index (χ0n) is 14.4. The number of fused-ring (bicyclic) bond motifs is 1. The standard InChI is InChI=1S/C17H20N2O6S/c1-25-17(22)12-6-8-18(9-7-12)15(20)10-19-16(21)14-5-3-2-4-13(14)11-26(19,23)24/h2-5,12H,6-11H2,1H3. The molecule has 2 aliphatic heterocycles. The lowest BCUT2D eigenvalue weighted by Gasteiger charge is -2.33. The molecule has 9 heteroatoms. The smallest absolute Gasteiger partial charge is 0.308 e. The number of hydrogen-bond acceptors (Lipinski definition) is 6. The van der Waals surface area contributed by atoms with E-state index in [1.165, 1.54) is 12.0 Å². The number of sulfonamides is 1. The molecule has 0 saturated carbocycles. The number of methoxy groups -OCH3 is 1. The summed E-state index contributed by atoms with van der Waals surface area (Å²) in [5.41, 5.74) is 0.750. The Morgan fingerprint density at radius 2 is 1.85 bits per heavy atom. The summed E-state index contributed by atoms with van der Waals surface area (Å²) in [6, 6.07) is 6.49. The Labute approximate surface area is 151 Å². The maximum Gasteiger partial charge on any atom is 0.308 e. The van der Waals surface area contributed by atoms with E-state index in [-0.39, 0.29) is 17.6 Å². The first-order valence-electron chi connectivity index (χ1n) is 8.31. The van der Waals surface area contributed by atoms with Crippen molar-refractivity contribution in [2.75, 3.05) is 26.7 Å². The van der Waals surface area contributed by atoms with Gasteiger partial charge in [0.25, 0.3) is 5.91 Å². The van der Waals surface area contributed by atoms with Gasteiger partial charge >= 0.3 is 5.97 Å². The van der Waals surface area contributed by atoms with Crippen molar-refractivity contribution in [3.05, 3.63) is 35.4 Å². The molecule has 0 aliphatic carbocycles. The first kappa shape index (κ1) is 18.4. The number of likely N-dealkylation sites (tertiary alicyclic amines) is 1. The quantitative estimate of drug-likeness (QED) is 0.703. The van der Waals surface area contributed by atoms with Crippen LogP contribution in [0.25, 0.3) is 0 Å². The van der Waals surface area contributed by atoms with Gasteiger partial charge in [0.2, 0.25) is 15.9 Å². The average Bonchev–Trinajstić information content (AvgIpc) is 2.64. The molecule has 3 rings (SSSR count). The lowest BCUT2D eigenvalue weighted by Crippen LogP contribution is -2.50. The minimum atomic E-state index is -3.89. The van der Waals surface area contributed by atoms with Gasteiger partial charge in [-0.2, -0.15) is 0 Å². The topological polar surface area (TPSA) is 101 Å². The van der Waals surface area contributed by atoms with Crippen molar-refractivity contribution < 1.29 is 27.5 Å². The van der Waals surface area contributed by atoms with Gasteiger partial charge in [-0.3, -0.25) is 14.4 Å². The third-order valence-corrected chi connectivity index (χ3v) is 6.45. The minimum absolute atomic E-state index is 0.253. The SMILES string of the molecule is COC(=O)C1CCN(C(=O)CN2C(=O)c3ccccc3CS2(=O)=O)CC1. The molecule has 0 radical (unpaired) electrons. The van der Waals surface area contributed by atoms with E-state index in [4.69, 9.17) is 4.74 Å². The Morgan fingerprint density at radius 3 is 2.50 bits per heavy atom. The molecule has 0 bridgehead atoms. The van der Waals surface area contributed by atoms with E-state index in [2.05, 4.69) is 0 Å². The van der Waals surface area contributed by atoms with Crippen LogP contribution in [-0.4, -0.2) is 62.2 Å². The number of carbonyl (C=O) groups is 3. The number of nitrogens with zero attached hydrogens (tertiary/aromatic N) is 2. The van der Waals surface area contributed by atoms with Crippen molar-refractivity contribution in [2.24, 2.45) is 5.92 Å². The molecule has 1 saturated heterocycles. The monoisotopic (exact) mass is 380 g/mol. The van der Waals surface area contributed by atoms with E-state index in [0.29, 0.717) is 41.4 Å². The van der Waals surface area contributed by atoms with Gasteiger partial charge in [-0.1, -0.05) is 18.2 Å². The van der Waals surface area contributed by atoms with E-state index >= 15 is 0 Å². The van der Waals surface area contributed by atoms with Gasteiger partial charge in [-0.05, 0) is 24.5 Å². The second-order valence-electron chi connectivity index (χ2n) is 6.40. The number of rotatable bonds is 3. The number of piperidine rings is 1. The first-order valence-corrected chi connectivity index (χ1v) is 9.92. The van der Waals surface area contributed by atoms with Crippen LogP contribution in [0.15, 0.2) is 24.3 Å². The summed E-state index contributed by atoms with van der Waals surface area (Å²) in [7, 11) is -2.56. The number of amides is 2. The zero-order valence-corrected chi connectivity index (χ0v) is 15.2. The number of benzene rings is 1. The minimum Gasteiger partial charge on any atom is -0.469 e. The molecular weight excluding hydrogens is 360 g/mol. The van der Waals surface area contributed by atoms with E-state index in [0.717, 1.165) is 0 Å². The van der Waals surface area contributed by atoms with Gasteiger partial charge in [0.05, 0.1) is 18.8 Å². The molecular formula is C17H20N2O6S. The molecule has 1 fully saturated rings. The zero-order chi connectivity index (χ0) is 18.9. The van der Waals surface area contributed by atoms with Gasteiger partial charge < -0.3 is 9.64 Å². The molecule has 1 aromatic rings. The van der Waals surface area contributed by atoms with Crippen LogP contribution in [0.5, 0.6) is 0 Å². The second-order valence-corrected chi connectivity index (χ2v) is 8.30. The first-order chi connectivity index (χ1) is 12.3. The van der Waals surface area contributed by atoms with Crippen molar-refractivity contribution in [1.82, 2.24) is 9.21 Å². The molecule has 0 unspecified atom stereocenters. The summed E-state index contributed by atoms with van der Waals surface area (Å²) < 4.78 is 30.2. The fourth-order valence-corrected chi connectivity index (χ4v) is 4.77. The molecule has 26 heavy (non-hydrogen) atoms. The summed E-state index contributed by atoms with van der Waals surface area (Å²) in [6.45, 7) is 0.146. The lowest BCUT2D eigenvalue weighted by molar-refractivity contribution is -0.148. The van der Waals surface area contributed by atoms with Gasteiger partial charge in [0, 0.05) is 18.7 Å². The number of hydrogen-bond donors (Lipinski definition) is 0. The van der Waals surface area contributed by atoms with Crippen LogP contribution in [0.4, 0.5) is 0 Å². The molecule has 0 aromatic heterocycles. The van der Waals surface area contributed by atoms with Crippen molar-refractivity contribution in [1.29, 1.82) is 0 Å². The van der Waals surface area contributed by atoms with E-state index in [9.17, 15) is 22.8 Å². The van der Waals surface area contributed by atoms with Crippen LogP contribution in [0.2, 0.25) is 0 Å². The summed E-state index contributed by atoms with van der Waals surface area (Å²) in [6.07, 6.45) is 0.921. The fourth-order valence-electron chi connectivity index (χ4n) is 3.31. The van der Waals surface area contributed by atoms with Crippen molar-refractivity contribution in [3.8, 4) is 0 Å². The number of ether oxygens (including phenoxy) is 1. The van der Waals surface area contributed by atoms with Crippen molar-refractivity contribution in [3.63, 3.8) is 0 Å². The van der Waals surface area contributed by atoms with Crippen molar-refractivity contribution >= 4 is 27.8 Å². The second kappa shape index (κ2) is 7.06. The van der Waals surface area contributed by atoms with Crippen LogP contribution >= 0.6 is 0 Å². The maximum atomic E-state index is 12.5. The maximum absolute atomic E-state index is 12.5. The van der Waals surface area contributed by atoms with Gasteiger partial charge in [0.15, 0.2) is 0 Å². The van der Waals surface area contributed by atoms with E-state index < -0.39 is 28.4 Å². The highest BCUT2D eigenvalue weighted by Gasteiger charge is 2.38. The van der Waals surface area contributed by atoms with Gasteiger partial charge in [-0.25, -0.2) is 12.7 Å². The molecule has 1 aromatic carbocycles. The van der Waals surface area contributed by atoms with Crippen LogP contribution in [0.3, 0.4) is 0 Å². The lowest BCUT2D eigenvalue weighted by atomic mass is 9.97. The molecule has 8 nitrogen and oxygen atoms in total. The molecule has 140 valence electrons. The highest BCUT2D eigenvalue weighted by molar-refractivity contribution is 7.89. The van der Waals surface area contributed by atoms with Crippen molar-refractivity contribution in [2.45, 2.75) is 18.6 Å². The molecule has 2 amide bonds. The molecule has 2 heterocycles. The number of esters is 1. The Kier molecular flexibility index (Phi) is 4.99. The fraction of sp³-hybridized carbons (Fsp3) is 0.471. The predicted molar refractivity (Wildman–Crippen MR) is 91.4 cm³/mol. The Balaban J connectivity index is 1.70. The van der Waals surface area contributed by atoms with Crippen LogP contribution in [0, 0.1) is 5.92 Å². The molecule has 0 atom stereocenters. The van der Waals surface area contributed by atoms with Crippen LogP contribution in [-0.2, 0) is 30.1 Å². The third kappa shape index (κ3) is 3.44. The average molecular weight is 380 g/mol. The summed E-state index contributed by atoms with van der Waals surface area (Å²) >= 11 is 0. The largest absolute Gasteiger partial charge is 0.469 e. The van der Waals surface area contributed by atoms with Gasteiger partial charge in [0.1, 0.15) is 6.54 Å². The Hall–Kier alpha value is -2.42. The van der Waals surface area contributed by atoms with E-state index in [1.54, 1.807) is 24.3 Å². The van der Waals surface area contributed by atoms with Crippen LogP contribution < -0.4 is 0 Å². The Bertz CT molecular complexity index is 843. The molecule has 2 aliphatic rings. The Morgan fingerprint density at radius 1 is 1.19 bits per heavy atom. The molecule has 0 N–H and O–H groups in total. The van der Waals surface area contributed by atoms with Crippen LogP contribution in [0.1, 0.15) is 28.8 Å². The highest BCUT2D eigenvalue weighted by Crippen LogP contribution is 2.25. The summed E-state index contributed by atoms with van der Waals surface area (Å²) in [5.74, 6) is -1.97. The summed E-state index contributed by atoms with van der Waals surface area (Å²) in [4.78, 5) is 38.1. The van der Waals surface area contributed by atoms with Gasteiger partial charge in [-0.15, -0.1) is 0 Å². The van der Waals surface area contributed by atoms with E-state index in [1.807, 2.05) is 0 Å². The summed E-state index contributed by atoms with van der Waals surface area (Å²) in [5, 5.41) is 0. The number of carbonyl (C=O) groups excluding carboxylic acids is 3. The molecule has 0 spiro atoms. The normalized spacial score (nSPS) is 19.8. The predicted octanol–water partition coefficient (Wildman–Crippen LogP) is 0.384.